The first kappa shape index (κ1) is 16.1. The highest BCUT2D eigenvalue weighted by Gasteiger charge is 1.97. The monoisotopic (exact) mass is 245 g/mol. The lowest BCUT2D eigenvalue weighted by Gasteiger charge is -2.06. The molecule has 0 saturated heterocycles. The summed E-state index contributed by atoms with van der Waals surface area (Å²) in [6.07, 6.45) is 1.87. The molecule has 0 unspecified atom stereocenters. The molecule has 0 heterocycles. The smallest absolute Gasteiger partial charge is 0.220 e. The topological polar surface area (TPSA) is 64.6 Å². The van der Waals surface area contributed by atoms with Gasteiger partial charge in [-0.1, -0.05) is 6.92 Å². The van der Waals surface area contributed by atoms with Gasteiger partial charge in [0.1, 0.15) is 5.78 Å². The van der Waals surface area contributed by atoms with E-state index >= 15 is 0 Å². The first-order chi connectivity index (χ1) is 8.16. The van der Waals surface area contributed by atoms with Crippen molar-refractivity contribution in [2.24, 2.45) is 0 Å². The number of ether oxygens (including phenoxy) is 2. The second kappa shape index (κ2) is 11.5. The van der Waals surface area contributed by atoms with Crippen LogP contribution in [-0.2, 0) is 19.1 Å². The Labute approximate surface area is 103 Å². The second-order valence-electron chi connectivity index (χ2n) is 3.78. The molecule has 0 saturated carbocycles. The third kappa shape index (κ3) is 13.0. The molecule has 0 aliphatic carbocycles. The number of nitrogens with one attached hydrogen (secondary N) is 1. The van der Waals surface area contributed by atoms with Crippen LogP contribution in [0.2, 0.25) is 0 Å². The number of amides is 1. The number of ketones is 1. The van der Waals surface area contributed by atoms with E-state index in [4.69, 9.17) is 9.47 Å². The molecule has 5 heteroatoms. The summed E-state index contributed by atoms with van der Waals surface area (Å²) in [6.45, 7) is 5.95. The molecule has 0 radical (unpaired) electrons. The summed E-state index contributed by atoms with van der Waals surface area (Å²) in [5, 5.41) is 2.75. The SMILES string of the molecule is CCCC(=O)NCCOCCOCCC(C)=O. The van der Waals surface area contributed by atoms with Crippen molar-refractivity contribution in [3.05, 3.63) is 0 Å². The number of carbonyl (C=O) groups is 2. The van der Waals surface area contributed by atoms with Crippen LogP contribution in [0.4, 0.5) is 0 Å². The van der Waals surface area contributed by atoms with Gasteiger partial charge in [-0.15, -0.1) is 0 Å². The van der Waals surface area contributed by atoms with Crippen molar-refractivity contribution in [3.8, 4) is 0 Å². The Morgan fingerprint density at radius 2 is 1.65 bits per heavy atom. The number of hydrogen-bond donors (Lipinski definition) is 1. The number of rotatable bonds is 11. The molecule has 17 heavy (non-hydrogen) atoms. The normalized spacial score (nSPS) is 10.2. The fourth-order valence-electron chi connectivity index (χ4n) is 1.12. The average Bonchev–Trinajstić information content (AvgIpc) is 2.27. The van der Waals surface area contributed by atoms with Gasteiger partial charge in [0.05, 0.1) is 26.4 Å². The molecule has 0 aromatic rings. The number of carbonyl (C=O) groups excluding carboxylic acids is 2. The van der Waals surface area contributed by atoms with Crippen LogP contribution in [0.15, 0.2) is 0 Å². The third-order valence-corrected chi connectivity index (χ3v) is 2.02. The summed E-state index contributed by atoms with van der Waals surface area (Å²) in [5.74, 6) is 0.193. The number of hydrogen-bond acceptors (Lipinski definition) is 4. The van der Waals surface area contributed by atoms with E-state index in [0.29, 0.717) is 45.8 Å². The summed E-state index contributed by atoms with van der Waals surface area (Å²) >= 11 is 0. The second-order valence-corrected chi connectivity index (χ2v) is 3.78. The molecule has 0 bridgehead atoms. The van der Waals surface area contributed by atoms with Crippen LogP contribution in [0, 0.1) is 0 Å². The highest BCUT2D eigenvalue weighted by atomic mass is 16.5. The summed E-state index contributed by atoms with van der Waals surface area (Å²) in [5.41, 5.74) is 0. The van der Waals surface area contributed by atoms with Crippen molar-refractivity contribution in [1.29, 1.82) is 0 Å². The van der Waals surface area contributed by atoms with Crippen LogP contribution < -0.4 is 5.32 Å². The summed E-state index contributed by atoms with van der Waals surface area (Å²) in [6, 6.07) is 0. The predicted molar refractivity (Wildman–Crippen MR) is 64.9 cm³/mol. The van der Waals surface area contributed by atoms with Gasteiger partial charge in [-0.3, -0.25) is 9.59 Å². The fourth-order valence-corrected chi connectivity index (χ4v) is 1.12. The minimum absolute atomic E-state index is 0.0637. The molecule has 1 N–H and O–H groups in total. The first-order valence-electron chi connectivity index (χ1n) is 6.08. The quantitative estimate of drug-likeness (QED) is 0.550. The van der Waals surface area contributed by atoms with E-state index in [9.17, 15) is 9.59 Å². The molecule has 1 amide bonds. The van der Waals surface area contributed by atoms with Crippen LogP contribution >= 0.6 is 0 Å². The summed E-state index contributed by atoms with van der Waals surface area (Å²) < 4.78 is 10.4. The van der Waals surface area contributed by atoms with Gasteiger partial charge < -0.3 is 14.8 Å². The zero-order chi connectivity index (χ0) is 12.9. The van der Waals surface area contributed by atoms with Gasteiger partial charge in [0.2, 0.25) is 5.91 Å². The maximum absolute atomic E-state index is 11.1. The van der Waals surface area contributed by atoms with Gasteiger partial charge in [-0.05, 0) is 13.3 Å². The van der Waals surface area contributed by atoms with Crippen LogP contribution in [0.25, 0.3) is 0 Å². The van der Waals surface area contributed by atoms with E-state index in [1.54, 1.807) is 6.92 Å². The van der Waals surface area contributed by atoms with Crippen molar-refractivity contribution < 1.29 is 19.1 Å². The summed E-state index contributed by atoms with van der Waals surface area (Å²) in [4.78, 5) is 21.6. The fraction of sp³-hybridized carbons (Fsp3) is 0.833. The van der Waals surface area contributed by atoms with E-state index in [1.807, 2.05) is 6.92 Å². The highest BCUT2D eigenvalue weighted by molar-refractivity contribution is 5.75. The average molecular weight is 245 g/mol. The van der Waals surface area contributed by atoms with Gasteiger partial charge >= 0.3 is 0 Å². The standard InChI is InChI=1S/C12H23NO4/c1-3-4-12(15)13-6-8-17-10-9-16-7-5-11(2)14/h3-10H2,1-2H3,(H,13,15). The molecule has 5 nitrogen and oxygen atoms in total. The van der Waals surface area contributed by atoms with Crippen LogP contribution in [-0.4, -0.2) is 44.7 Å². The third-order valence-electron chi connectivity index (χ3n) is 2.02. The van der Waals surface area contributed by atoms with Crippen LogP contribution in [0.5, 0.6) is 0 Å². The van der Waals surface area contributed by atoms with Gasteiger partial charge in [-0.25, -0.2) is 0 Å². The van der Waals surface area contributed by atoms with E-state index in [-0.39, 0.29) is 11.7 Å². The Morgan fingerprint density at radius 3 is 2.24 bits per heavy atom. The van der Waals surface area contributed by atoms with Crippen LogP contribution in [0.3, 0.4) is 0 Å². The number of Topliss-reactive ketones (excluding diaryl/α,β-unsaturated/α-hetero) is 1. The van der Waals surface area contributed by atoms with E-state index < -0.39 is 0 Å². The molecular formula is C12H23NO4. The van der Waals surface area contributed by atoms with E-state index in [2.05, 4.69) is 5.32 Å². The van der Waals surface area contributed by atoms with Gasteiger partial charge in [0.15, 0.2) is 0 Å². The zero-order valence-electron chi connectivity index (χ0n) is 10.8. The van der Waals surface area contributed by atoms with Gasteiger partial charge in [0.25, 0.3) is 0 Å². The lowest BCUT2D eigenvalue weighted by molar-refractivity contribution is -0.121. The Morgan fingerprint density at radius 1 is 1.00 bits per heavy atom. The first-order valence-corrected chi connectivity index (χ1v) is 6.08. The Kier molecular flexibility index (Phi) is 10.9. The molecule has 100 valence electrons. The predicted octanol–water partition coefficient (Wildman–Crippen LogP) is 0.915. The molecule has 0 atom stereocenters. The van der Waals surface area contributed by atoms with E-state index in [0.717, 1.165) is 6.42 Å². The lowest BCUT2D eigenvalue weighted by atomic mass is 10.3. The molecule has 0 aliphatic rings. The lowest BCUT2D eigenvalue weighted by Crippen LogP contribution is -2.27. The summed E-state index contributed by atoms with van der Waals surface area (Å²) in [7, 11) is 0. The molecule has 0 rings (SSSR count). The Balaban J connectivity index is 3.08. The minimum Gasteiger partial charge on any atom is -0.379 e. The molecule has 0 fully saturated rings. The minimum atomic E-state index is 0.0637. The molecule has 0 aromatic heterocycles. The van der Waals surface area contributed by atoms with Crippen molar-refractivity contribution in [2.75, 3.05) is 33.0 Å². The molecular weight excluding hydrogens is 222 g/mol. The van der Waals surface area contributed by atoms with E-state index in [1.165, 1.54) is 0 Å². The highest BCUT2D eigenvalue weighted by Crippen LogP contribution is 1.86. The van der Waals surface area contributed by atoms with Gasteiger partial charge in [0, 0.05) is 19.4 Å². The molecule has 0 spiro atoms. The van der Waals surface area contributed by atoms with Crippen LogP contribution in [0.1, 0.15) is 33.1 Å². The maximum atomic E-state index is 11.1. The van der Waals surface area contributed by atoms with Gasteiger partial charge in [-0.2, -0.15) is 0 Å². The molecule has 0 aromatic carbocycles. The largest absolute Gasteiger partial charge is 0.379 e. The Hall–Kier alpha value is -0.940. The Bertz CT molecular complexity index is 219. The van der Waals surface area contributed by atoms with Crippen molar-refractivity contribution in [1.82, 2.24) is 5.32 Å². The zero-order valence-corrected chi connectivity index (χ0v) is 10.8. The van der Waals surface area contributed by atoms with Crippen molar-refractivity contribution in [3.63, 3.8) is 0 Å². The molecule has 0 aliphatic heterocycles. The van der Waals surface area contributed by atoms with Crippen molar-refractivity contribution in [2.45, 2.75) is 33.1 Å². The van der Waals surface area contributed by atoms with Crippen molar-refractivity contribution >= 4 is 11.7 Å². The maximum Gasteiger partial charge on any atom is 0.220 e.